The number of hydrogen-bond acceptors (Lipinski definition) is 3. The molecule has 3 aromatic rings. The van der Waals surface area contributed by atoms with Crippen LogP contribution in [-0.2, 0) is 6.42 Å². The highest BCUT2D eigenvalue weighted by Gasteiger charge is 2.29. The summed E-state index contributed by atoms with van der Waals surface area (Å²) in [5.74, 6) is 0.553. The normalized spacial score (nSPS) is 15.7. The smallest absolute Gasteiger partial charge is 0.255 e. The SMILES string of the molecule is C=CC1Cc2c(ccc3oc(-c4ccc(F)cc4)c(C(=O)NC)c23)O1. The van der Waals surface area contributed by atoms with E-state index in [1.54, 1.807) is 31.3 Å². The molecule has 0 bridgehead atoms. The van der Waals surface area contributed by atoms with E-state index in [2.05, 4.69) is 11.9 Å². The van der Waals surface area contributed by atoms with Crippen molar-refractivity contribution in [1.29, 1.82) is 0 Å². The third-order valence-corrected chi connectivity index (χ3v) is 4.43. The van der Waals surface area contributed by atoms with Crippen molar-refractivity contribution in [3.05, 3.63) is 66.0 Å². The van der Waals surface area contributed by atoms with Crippen molar-refractivity contribution in [2.24, 2.45) is 0 Å². The number of carbonyl (C=O) groups is 1. The second-order valence-corrected chi connectivity index (χ2v) is 5.90. The van der Waals surface area contributed by atoms with Crippen molar-refractivity contribution in [2.45, 2.75) is 12.5 Å². The molecular formula is C20H16FNO3. The van der Waals surface area contributed by atoms with Gasteiger partial charge < -0.3 is 14.5 Å². The van der Waals surface area contributed by atoms with E-state index in [-0.39, 0.29) is 17.8 Å². The molecule has 1 aliphatic heterocycles. The van der Waals surface area contributed by atoms with Crippen LogP contribution in [0.2, 0.25) is 0 Å². The van der Waals surface area contributed by atoms with E-state index in [9.17, 15) is 9.18 Å². The fraction of sp³-hybridized carbons (Fsp3) is 0.150. The van der Waals surface area contributed by atoms with Crippen LogP contribution in [0.3, 0.4) is 0 Å². The van der Waals surface area contributed by atoms with Gasteiger partial charge in [-0.1, -0.05) is 12.7 Å². The molecule has 0 saturated heterocycles. The zero-order valence-corrected chi connectivity index (χ0v) is 13.6. The highest BCUT2D eigenvalue weighted by molar-refractivity contribution is 6.12. The lowest BCUT2D eigenvalue weighted by atomic mass is 9.98. The standard InChI is InChI=1S/C20H16FNO3/c1-3-13-10-14-15(24-13)8-9-16-17(14)18(20(23)22-2)19(25-16)11-4-6-12(21)7-5-11/h3-9,13H,1,10H2,2H3,(H,22,23). The highest BCUT2D eigenvalue weighted by Crippen LogP contribution is 2.42. The maximum absolute atomic E-state index is 13.3. The largest absolute Gasteiger partial charge is 0.486 e. The van der Waals surface area contributed by atoms with Crippen molar-refractivity contribution in [1.82, 2.24) is 5.32 Å². The molecule has 1 aliphatic rings. The van der Waals surface area contributed by atoms with Crippen molar-refractivity contribution in [2.75, 3.05) is 7.05 Å². The summed E-state index contributed by atoms with van der Waals surface area (Å²) in [4.78, 5) is 12.6. The Bertz CT molecular complexity index is 988. The molecule has 0 spiro atoms. The molecule has 1 N–H and O–H groups in total. The van der Waals surface area contributed by atoms with Gasteiger partial charge in [-0.15, -0.1) is 0 Å². The fourth-order valence-electron chi connectivity index (χ4n) is 3.24. The monoisotopic (exact) mass is 337 g/mol. The lowest BCUT2D eigenvalue weighted by Gasteiger charge is -2.04. The minimum Gasteiger partial charge on any atom is -0.486 e. The number of nitrogens with one attached hydrogen (secondary N) is 1. The molecule has 4 rings (SSSR count). The van der Waals surface area contributed by atoms with Gasteiger partial charge in [-0.05, 0) is 36.4 Å². The lowest BCUT2D eigenvalue weighted by Crippen LogP contribution is -2.18. The Balaban J connectivity index is 2.00. The Hall–Kier alpha value is -3.08. The Labute approximate surface area is 143 Å². The molecule has 126 valence electrons. The molecule has 0 saturated carbocycles. The Morgan fingerprint density at radius 3 is 2.72 bits per heavy atom. The summed E-state index contributed by atoms with van der Waals surface area (Å²) >= 11 is 0. The number of fused-ring (bicyclic) bond motifs is 3. The first-order valence-corrected chi connectivity index (χ1v) is 7.98. The van der Waals surface area contributed by atoms with Gasteiger partial charge in [0.25, 0.3) is 5.91 Å². The van der Waals surface area contributed by atoms with Crippen LogP contribution in [0, 0.1) is 5.82 Å². The van der Waals surface area contributed by atoms with E-state index in [4.69, 9.17) is 9.15 Å². The summed E-state index contributed by atoms with van der Waals surface area (Å²) in [6.45, 7) is 3.78. The van der Waals surface area contributed by atoms with Gasteiger partial charge in [0.15, 0.2) is 0 Å². The van der Waals surface area contributed by atoms with E-state index in [1.165, 1.54) is 12.1 Å². The highest BCUT2D eigenvalue weighted by atomic mass is 19.1. The molecule has 5 heteroatoms. The summed E-state index contributed by atoms with van der Waals surface area (Å²) in [6.07, 6.45) is 2.25. The van der Waals surface area contributed by atoms with Crippen LogP contribution in [0.15, 0.2) is 53.5 Å². The summed E-state index contributed by atoms with van der Waals surface area (Å²) in [5.41, 5.74) is 2.61. The Morgan fingerprint density at radius 2 is 2.04 bits per heavy atom. The minimum atomic E-state index is -0.343. The average molecular weight is 337 g/mol. The van der Waals surface area contributed by atoms with Crippen LogP contribution in [0.5, 0.6) is 5.75 Å². The molecular weight excluding hydrogens is 321 g/mol. The Kier molecular flexibility index (Phi) is 3.57. The van der Waals surface area contributed by atoms with Gasteiger partial charge in [-0.25, -0.2) is 4.39 Å². The number of ether oxygens (including phenoxy) is 1. The fourth-order valence-corrected chi connectivity index (χ4v) is 3.24. The quantitative estimate of drug-likeness (QED) is 0.733. The van der Waals surface area contributed by atoms with Gasteiger partial charge in [0.05, 0.1) is 5.56 Å². The number of rotatable bonds is 3. The molecule has 1 unspecified atom stereocenters. The lowest BCUT2D eigenvalue weighted by molar-refractivity contribution is 0.0964. The number of carbonyl (C=O) groups excluding carboxylic acids is 1. The van der Waals surface area contributed by atoms with Crippen LogP contribution >= 0.6 is 0 Å². The first kappa shape index (κ1) is 15.4. The van der Waals surface area contributed by atoms with Crippen LogP contribution in [0.4, 0.5) is 4.39 Å². The zero-order chi connectivity index (χ0) is 17.6. The zero-order valence-electron chi connectivity index (χ0n) is 13.6. The molecule has 25 heavy (non-hydrogen) atoms. The maximum Gasteiger partial charge on any atom is 0.255 e. The van der Waals surface area contributed by atoms with Crippen LogP contribution in [-0.4, -0.2) is 19.1 Å². The van der Waals surface area contributed by atoms with Crippen LogP contribution in [0.25, 0.3) is 22.3 Å². The summed E-state index contributed by atoms with van der Waals surface area (Å²) in [6, 6.07) is 9.52. The van der Waals surface area contributed by atoms with Crippen molar-refractivity contribution in [3.8, 4) is 17.1 Å². The second kappa shape index (κ2) is 5.77. The first-order chi connectivity index (χ1) is 12.1. The van der Waals surface area contributed by atoms with Gasteiger partial charge in [-0.2, -0.15) is 0 Å². The van der Waals surface area contributed by atoms with Gasteiger partial charge >= 0.3 is 0 Å². The molecule has 1 atom stereocenters. The van der Waals surface area contributed by atoms with E-state index in [1.807, 2.05) is 6.07 Å². The first-order valence-electron chi connectivity index (χ1n) is 7.98. The van der Waals surface area contributed by atoms with Crippen LogP contribution in [0.1, 0.15) is 15.9 Å². The van der Waals surface area contributed by atoms with E-state index < -0.39 is 0 Å². The molecule has 0 fully saturated rings. The molecule has 0 radical (unpaired) electrons. The molecule has 1 amide bonds. The maximum atomic E-state index is 13.3. The topological polar surface area (TPSA) is 51.5 Å². The molecule has 4 nitrogen and oxygen atoms in total. The third-order valence-electron chi connectivity index (χ3n) is 4.43. The van der Waals surface area contributed by atoms with E-state index in [0.29, 0.717) is 28.9 Å². The Morgan fingerprint density at radius 1 is 1.28 bits per heavy atom. The molecule has 2 heterocycles. The minimum absolute atomic E-state index is 0.123. The van der Waals surface area contributed by atoms with Gasteiger partial charge in [0, 0.05) is 30.0 Å². The predicted octanol–water partition coefficient (Wildman–Crippen LogP) is 4.09. The van der Waals surface area contributed by atoms with E-state index >= 15 is 0 Å². The number of hydrogen-bond donors (Lipinski definition) is 1. The molecule has 2 aromatic carbocycles. The van der Waals surface area contributed by atoms with Gasteiger partial charge in [0.1, 0.15) is 29.0 Å². The summed E-state index contributed by atoms with van der Waals surface area (Å²) in [5, 5.41) is 3.40. The molecule has 1 aromatic heterocycles. The molecule has 0 aliphatic carbocycles. The van der Waals surface area contributed by atoms with Gasteiger partial charge in [-0.3, -0.25) is 4.79 Å². The van der Waals surface area contributed by atoms with E-state index in [0.717, 1.165) is 16.7 Å². The average Bonchev–Trinajstić information content (AvgIpc) is 3.22. The number of benzene rings is 2. The third kappa shape index (κ3) is 2.39. The summed E-state index contributed by atoms with van der Waals surface area (Å²) < 4.78 is 25.1. The van der Waals surface area contributed by atoms with Crippen molar-refractivity contribution in [3.63, 3.8) is 0 Å². The predicted molar refractivity (Wildman–Crippen MR) is 93.3 cm³/mol. The summed E-state index contributed by atoms with van der Waals surface area (Å²) in [7, 11) is 1.57. The number of amides is 1. The number of furan rings is 1. The van der Waals surface area contributed by atoms with Gasteiger partial charge in [0.2, 0.25) is 0 Å². The van der Waals surface area contributed by atoms with Crippen LogP contribution < -0.4 is 10.1 Å². The van der Waals surface area contributed by atoms with Crippen molar-refractivity contribution < 1.29 is 18.3 Å². The van der Waals surface area contributed by atoms with Crippen molar-refractivity contribution >= 4 is 16.9 Å². The second-order valence-electron chi connectivity index (χ2n) is 5.90. The number of halogens is 1.